The number of anilines is 1. The molecule has 0 spiro atoms. The number of ether oxygens (including phenoxy) is 1. The highest BCUT2D eigenvalue weighted by Crippen LogP contribution is 2.18. The van der Waals surface area contributed by atoms with E-state index in [1.54, 1.807) is 18.2 Å². The van der Waals surface area contributed by atoms with Gasteiger partial charge < -0.3 is 15.4 Å². The molecule has 1 aliphatic rings. The Hall–Kier alpha value is -1.59. The number of carbonyl (C=O) groups excluding carboxylic acids is 2. The summed E-state index contributed by atoms with van der Waals surface area (Å²) in [7, 11) is 1.34. The first-order chi connectivity index (χ1) is 10.1. The van der Waals surface area contributed by atoms with E-state index in [4.69, 9.17) is 4.74 Å². The van der Waals surface area contributed by atoms with Gasteiger partial charge in [-0.3, -0.25) is 4.79 Å². The number of aryl methyl sites for hydroxylation is 1. The van der Waals surface area contributed by atoms with Gasteiger partial charge in [0, 0.05) is 18.2 Å². The van der Waals surface area contributed by atoms with Crippen molar-refractivity contribution in [2.45, 2.75) is 38.6 Å². The van der Waals surface area contributed by atoms with E-state index < -0.39 is 5.97 Å². The van der Waals surface area contributed by atoms with Crippen LogP contribution in [0, 0.1) is 6.92 Å². The van der Waals surface area contributed by atoms with Crippen molar-refractivity contribution in [3.63, 3.8) is 0 Å². The molecule has 0 saturated carbocycles. The second kappa shape index (κ2) is 8.76. The van der Waals surface area contributed by atoms with E-state index in [2.05, 4.69) is 10.6 Å². The quantitative estimate of drug-likeness (QED) is 0.816. The van der Waals surface area contributed by atoms with Gasteiger partial charge in [0.15, 0.2) is 0 Å². The molecule has 22 heavy (non-hydrogen) atoms. The number of methoxy groups -OCH3 is 1. The number of amides is 1. The Bertz CT molecular complexity index is 528. The molecule has 1 aromatic rings. The Morgan fingerprint density at radius 1 is 1.41 bits per heavy atom. The lowest BCUT2D eigenvalue weighted by Crippen LogP contribution is -2.23. The minimum atomic E-state index is -0.402. The van der Waals surface area contributed by atoms with Crippen molar-refractivity contribution in [3.8, 4) is 0 Å². The molecular formula is C16H23ClN2O3. The van der Waals surface area contributed by atoms with E-state index in [0.29, 0.717) is 23.7 Å². The summed E-state index contributed by atoms with van der Waals surface area (Å²) in [6, 6.07) is 5.62. The molecule has 1 aromatic carbocycles. The van der Waals surface area contributed by atoms with Crippen LogP contribution in [0.2, 0.25) is 0 Å². The Morgan fingerprint density at radius 3 is 2.82 bits per heavy atom. The van der Waals surface area contributed by atoms with Crippen molar-refractivity contribution in [1.82, 2.24) is 5.32 Å². The molecule has 1 amide bonds. The lowest BCUT2D eigenvalue weighted by Gasteiger charge is -2.12. The van der Waals surface area contributed by atoms with Crippen molar-refractivity contribution in [2.24, 2.45) is 0 Å². The summed E-state index contributed by atoms with van der Waals surface area (Å²) in [6.45, 7) is 2.95. The van der Waals surface area contributed by atoms with E-state index in [0.717, 1.165) is 24.9 Å². The van der Waals surface area contributed by atoms with Gasteiger partial charge in [-0.15, -0.1) is 12.4 Å². The van der Waals surface area contributed by atoms with Crippen LogP contribution in [0.1, 0.15) is 41.6 Å². The SMILES string of the molecule is COC(=O)c1ccc(C)c(NC(=O)CCC2CCCN2)c1.Cl. The predicted molar refractivity (Wildman–Crippen MR) is 88.7 cm³/mol. The van der Waals surface area contributed by atoms with Crippen LogP contribution in [-0.2, 0) is 9.53 Å². The molecule has 1 atom stereocenters. The molecule has 1 saturated heterocycles. The largest absolute Gasteiger partial charge is 0.465 e. The third-order valence-corrected chi connectivity index (χ3v) is 3.81. The molecule has 0 aromatic heterocycles. The summed E-state index contributed by atoms with van der Waals surface area (Å²) in [5.41, 5.74) is 2.04. The molecule has 1 fully saturated rings. The van der Waals surface area contributed by atoms with Crippen molar-refractivity contribution < 1.29 is 14.3 Å². The standard InChI is InChI=1S/C16H22N2O3.ClH/c1-11-5-6-12(16(20)21-2)10-14(11)18-15(19)8-7-13-4-3-9-17-13;/h5-6,10,13,17H,3-4,7-9H2,1-2H3,(H,18,19);1H. The summed E-state index contributed by atoms with van der Waals surface area (Å²) in [5.74, 6) is -0.422. The van der Waals surface area contributed by atoms with Gasteiger partial charge >= 0.3 is 5.97 Å². The number of esters is 1. The molecule has 0 aliphatic carbocycles. The summed E-state index contributed by atoms with van der Waals surface area (Å²) < 4.78 is 4.69. The van der Waals surface area contributed by atoms with Crippen LogP contribution in [-0.4, -0.2) is 31.6 Å². The normalized spacial score (nSPS) is 16.7. The Morgan fingerprint density at radius 2 is 2.18 bits per heavy atom. The third-order valence-electron chi connectivity index (χ3n) is 3.81. The zero-order chi connectivity index (χ0) is 15.2. The van der Waals surface area contributed by atoms with Gasteiger partial charge in [-0.2, -0.15) is 0 Å². The van der Waals surface area contributed by atoms with Gasteiger partial charge in [-0.05, 0) is 50.4 Å². The number of benzene rings is 1. The van der Waals surface area contributed by atoms with Gasteiger partial charge in [0.2, 0.25) is 5.91 Å². The van der Waals surface area contributed by atoms with Crippen LogP contribution in [0.25, 0.3) is 0 Å². The highest BCUT2D eigenvalue weighted by molar-refractivity contribution is 5.95. The monoisotopic (exact) mass is 326 g/mol. The van der Waals surface area contributed by atoms with Crippen molar-refractivity contribution in [2.75, 3.05) is 19.0 Å². The van der Waals surface area contributed by atoms with E-state index in [9.17, 15) is 9.59 Å². The van der Waals surface area contributed by atoms with Gasteiger partial charge in [-0.1, -0.05) is 6.07 Å². The zero-order valence-corrected chi connectivity index (χ0v) is 13.8. The van der Waals surface area contributed by atoms with E-state index in [1.807, 2.05) is 6.92 Å². The van der Waals surface area contributed by atoms with Crippen molar-refractivity contribution in [3.05, 3.63) is 29.3 Å². The van der Waals surface area contributed by atoms with Crippen LogP contribution >= 0.6 is 12.4 Å². The molecule has 2 rings (SSSR count). The summed E-state index contributed by atoms with van der Waals surface area (Å²) in [5, 5.41) is 6.26. The number of rotatable bonds is 5. The first-order valence-electron chi connectivity index (χ1n) is 7.32. The van der Waals surface area contributed by atoms with Gasteiger partial charge in [0.25, 0.3) is 0 Å². The fourth-order valence-electron chi connectivity index (χ4n) is 2.52. The first kappa shape index (κ1) is 18.5. The fraction of sp³-hybridized carbons (Fsp3) is 0.500. The molecule has 1 unspecified atom stereocenters. The molecule has 0 bridgehead atoms. The Balaban J connectivity index is 0.00000242. The maximum absolute atomic E-state index is 12.0. The minimum absolute atomic E-state index is 0. The maximum Gasteiger partial charge on any atom is 0.337 e. The number of halogens is 1. The highest BCUT2D eigenvalue weighted by atomic mass is 35.5. The van der Waals surface area contributed by atoms with Gasteiger partial charge in [0.05, 0.1) is 12.7 Å². The highest BCUT2D eigenvalue weighted by Gasteiger charge is 2.16. The smallest absolute Gasteiger partial charge is 0.337 e. The van der Waals surface area contributed by atoms with Gasteiger partial charge in [0.1, 0.15) is 0 Å². The Kier molecular flexibility index (Phi) is 7.35. The summed E-state index contributed by atoms with van der Waals surface area (Å²) >= 11 is 0. The molecule has 1 heterocycles. The van der Waals surface area contributed by atoms with Crippen molar-refractivity contribution >= 4 is 30.0 Å². The topological polar surface area (TPSA) is 67.4 Å². The summed E-state index contributed by atoms with van der Waals surface area (Å²) in [6.07, 6.45) is 3.66. The number of carbonyl (C=O) groups is 2. The third kappa shape index (κ3) is 5.00. The number of hydrogen-bond acceptors (Lipinski definition) is 4. The van der Waals surface area contributed by atoms with Crippen LogP contribution in [0.15, 0.2) is 18.2 Å². The first-order valence-corrected chi connectivity index (χ1v) is 7.32. The predicted octanol–water partition coefficient (Wildman–Crippen LogP) is 2.67. The van der Waals surface area contributed by atoms with E-state index >= 15 is 0 Å². The fourth-order valence-corrected chi connectivity index (χ4v) is 2.52. The lowest BCUT2D eigenvalue weighted by atomic mass is 10.1. The summed E-state index contributed by atoms with van der Waals surface area (Å²) in [4.78, 5) is 23.5. The van der Waals surface area contributed by atoms with Gasteiger partial charge in [-0.25, -0.2) is 4.79 Å². The minimum Gasteiger partial charge on any atom is -0.465 e. The molecule has 2 N–H and O–H groups in total. The van der Waals surface area contributed by atoms with Crippen molar-refractivity contribution in [1.29, 1.82) is 0 Å². The van der Waals surface area contributed by atoms with Crippen LogP contribution in [0.5, 0.6) is 0 Å². The molecule has 0 radical (unpaired) electrons. The molecule has 6 heteroatoms. The average molecular weight is 327 g/mol. The van der Waals surface area contributed by atoms with Crippen LogP contribution in [0.4, 0.5) is 5.69 Å². The maximum atomic E-state index is 12.0. The average Bonchev–Trinajstić information content (AvgIpc) is 3.00. The van der Waals surface area contributed by atoms with Crippen LogP contribution < -0.4 is 10.6 Å². The second-order valence-corrected chi connectivity index (χ2v) is 5.40. The lowest BCUT2D eigenvalue weighted by molar-refractivity contribution is -0.116. The molecule has 122 valence electrons. The zero-order valence-electron chi connectivity index (χ0n) is 13.0. The number of hydrogen-bond donors (Lipinski definition) is 2. The number of nitrogens with one attached hydrogen (secondary N) is 2. The van der Waals surface area contributed by atoms with E-state index in [-0.39, 0.29) is 18.3 Å². The molecular weight excluding hydrogens is 304 g/mol. The second-order valence-electron chi connectivity index (χ2n) is 5.40. The molecule has 5 nitrogen and oxygen atoms in total. The van der Waals surface area contributed by atoms with E-state index in [1.165, 1.54) is 13.5 Å². The molecule has 1 aliphatic heterocycles. The van der Waals surface area contributed by atoms with Crippen LogP contribution in [0.3, 0.4) is 0 Å². The Labute approximate surface area is 137 Å².